The van der Waals surface area contributed by atoms with Crippen LogP contribution in [0, 0.1) is 11.8 Å². The molecule has 0 aliphatic rings. The Bertz CT molecular complexity index is 362. The Morgan fingerprint density at radius 3 is 2.18 bits per heavy atom. The molecule has 0 aromatic heterocycles. The van der Waals surface area contributed by atoms with Crippen LogP contribution in [0.3, 0.4) is 0 Å². The Labute approximate surface area is 135 Å². The zero-order valence-electron chi connectivity index (χ0n) is 15.5. The minimum Gasteiger partial charge on any atom is -0.444 e. The molecule has 130 valence electrons. The van der Waals surface area contributed by atoms with E-state index in [0.29, 0.717) is 12.5 Å². The fourth-order valence-corrected chi connectivity index (χ4v) is 1.74. The summed E-state index contributed by atoms with van der Waals surface area (Å²) in [5.41, 5.74) is -0.463. The number of nitrogens with one attached hydrogen (secondary N) is 2. The third kappa shape index (κ3) is 10.3. The van der Waals surface area contributed by atoms with E-state index >= 15 is 0 Å². The molecule has 2 N–H and O–H groups in total. The van der Waals surface area contributed by atoms with Gasteiger partial charge in [0, 0.05) is 33.7 Å². The molecule has 0 saturated heterocycles. The first-order valence-corrected chi connectivity index (χ1v) is 7.93. The monoisotopic (exact) mass is 314 g/mol. The third-order valence-electron chi connectivity index (χ3n) is 2.81. The molecule has 1 unspecified atom stereocenters. The lowest BCUT2D eigenvalue weighted by Crippen LogP contribution is -2.43. The van der Waals surface area contributed by atoms with Gasteiger partial charge in [-0.15, -0.1) is 0 Å². The molecule has 0 aromatic carbocycles. The van der Waals surface area contributed by atoms with Gasteiger partial charge in [-0.2, -0.15) is 0 Å². The number of carbonyl (C=O) groups is 1. The number of rotatable bonds is 6. The average molecular weight is 314 g/mol. The van der Waals surface area contributed by atoms with Crippen LogP contribution in [0.5, 0.6) is 0 Å². The lowest BCUT2D eigenvalue weighted by Gasteiger charge is -2.26. The summed E-state index contributed by atoms with van der Waals surface area (Å²) in [5.74, 6) is 1.64. The highest BCUT2D eigenvalue weighted by Gasteiger charge is 2.20. The predicted octanol–water partition coefficient (Wildman–Crippen LogP) is 2.31. The van der Waals surface area contributed by atoms with Crippen LogP contribution >= 0.6 is 0 Å². The number of nitrogens with zero attached hydrogens (tertiary/aromatic N) is 2. The third-order valence-corrected chi connectivity index (χ3v) is 2.81. The number of carbonyl (C=O) groups excluding carboxylic acids is 1. The van der Waals surface area contributed by atoms with Gasteiger partial charge in [-0.05, 0) is 32.6 Å². The Morgan fingerprint density at radius 2 is 1.73 bits per heavy atom. The normalized spacial score (nSPS) is 13.8. The minimum atomic E-state index is -0.463. The smallest absolute Gasteiger partial charge is 0.410 e. The van der Waals surface area contributed by atoms with Crippen LogP contribution in [0.15, 0.2) is 4.99 Å². The molecule has 0 fully saturated rings. The van der Waals surface area contributed by atoms with Crippen molar-refractivity contribution in [2.75, 3.05) is 33.7 Å². The molecule has 1 amide bonds. The molecule has 22 heavy (non-hydrogen) atoms. The first-order valence-electron chi connectivity index (χ1n) is 7.93. The lowest BCUT2D eigenvalue weighted by molar-refractivity contribution is 0.0278. The molecule has 0 heterocycles. The summed E-state index contributed by atoms with van der Waals surface area (Å²) in [5, 5.41) is 6.54. The van der Waals surface area contributed by atoms with E-state index in [0.717, 1.165) is 19.0 Å². The molecule has 6 heteroatoms. The molecule has 0 rings (SSSR count). The summed E-state index contributed by atoms with van der Waals surface area (Å²) in [7, 11) is 3.52. The zero-order chi connectivity index (χ0) is 17.3. The molecule has 0 aliphatic carbocycles. The maximum Gasteiger partial charge on any atom is 0.410 e. The largest absolute Gasteiger partial charge is 0.444 e. The predicted molar refractivity (Wildman–Crippen MR) is 92.2 cm³/mol. The van der Waals surface area contributed by atoms with E-state index in [1.807, 2.05) is 20.8 Å². The quantitative estimate of drug-likeness (QED) is 0.583. The highest BCUT2D eigenvalue weighted by Crippen LogP contribution is 2.10. The standard InChI is InChI=1S/C16H34N4O2/c1-12(2)9-18-14(17-7)19-10-13(3)11-20(8)15(21)22-16(4,5)6/h12-13H,9-11H2,1-8H3,(H2,17,18,19). The Kier molecular flexibility index (Phi) is 8.90. The molecule has 0 aliphatic heterocycles. The first kappa shape index (κ1) is 20.5. The molecule has 0 radical (unpaired) electrons. The van der Waals surface area contributed by atoms with Crippen LogP contribution in [0.25, 0.3) is 0 Å². The summed E-state index contributed by atoms with van der Waals surface area (Å²) in [6.07, 6.45) is -0.290. The molecule has 1 atom stereocenters. The van der Waals surface area contributed by atoms with Crippen LogP contribution < -0.4 is 10.6 Å². The van der Waals surface area contributed by atoms with Gasteiger partial charge in [0.1, 0.15) is 5.60 Å². The second-order valence-corrected chi connectivity index (χ2v) is 7.19. The second-order valence-electron chi connectivity index (χ2n) is 7.19. The van der Waals surface area contributed by atoms with Crippen molar-refractivity contribution in [3.05, 3.63) is 0 Å². The molecule has 0 bridgehead atoms. The number of hydrogen-bond acceptors (Lipinski definition) is 3. The van der Waals surface area contributed by atoms with Crippen molar-refractivity contribution < 1.29 is 9.53 Å². The molecular formula is C16H34N4O2. The van der Waals surface area contributed by atoms with Gasteiger partial charge in [-0.1, -0.05) is 20.8 Å². The van der Waals surface area contributed by atoms with Crippen molar-refractivity contribution in [3.8, 4) is 0 Å². The molecular weight excluding hydrogens is 280 g/mol. The molecule has 0 aromatic rings. The van der Waals surface area contributed by atoms with E-state index in [9.17, 15) is 4.79 Å². The number of guanidine groups is 1. The van der Waals surface area contributed by atoms with Crippen molar-refractivity contribution in [1.82, 2.24) is 15.5 Å². The summed E-state index contributed by atoms with van der Waals surface area (Å²) in [4.78, 5) is 17.7. The van der Waals surface area contributed by atoms with Gasteiger partial charge in [0.05, 0.1) is 0 Å². The number of amides is 1. The van der Waals surface area contributed by atoms with Crippen molar-refractivity contribution >= 4 is 12.1 Å². The van der Waals surface area contributed by atoms with Crippen molar-refractivity contribution in [1.29, 1.82) is 0 Å². The second kappa shape index (κ2) is 9.54. The van der Waals surface area contributed by atoms with Crippen LogP contribution in [0.4, 0.5) is 4.79 Å². The van der Waals surface area contributed by atoms with Gasteiger partial charge < -0.3 is 20.3 Å². The molecule has 0 spiro atoms. The van der Waals surface area contributed by atoms with E-state index in [-0.39, 0.29) is 12.0 Å². The van der Waals surface area contributed by atoms with Crippen LogP contribution in [-0.4, -0.2) is 56.3 Å². The number of hydrogen-bond donors (Lipinski definition) is 2. The number of aliphatic imine (C=N–C) groups is 1. The van der Waals surface area contributed by atoms with Gasteiger partial charge in [0.2, 0.25) is 0 Å². The number of ether oxygens (including phenoxy) is 1. The highest BCUT2D eigenvalue weighted by molar-refractivity contribution is 5.79. The maximum atomic E-state index is 11.9. The van der Waals surface area contributed by atoms with Gasteiger partial charge >= 0.3 is 6.09 Å². The zero-order valence-corrected chi connectivity index (χ0v) is 15.5. The molecule has 0 saturated carbocycles. The van der Waals surface area contributed by atoms with Crippen molar-refractivity contribution in [2.45, 2.75) is 47.1 Å². The van der Waals surface area contributed by atoms with Gasteiger partial charge in [-0.3, -0.25) is 4.99 Å². The van der Waals surface area contributed by atoms with E-state index < -0.39 is 5.60 Å². The van der Waals surface area contributed by atoms with Gasteiger partial charge in [-0.25, -0.2) is 4.79 Å². The van der Waals surface area contributed by atoms with Crippen LogP contribution in [0.2, 0.25) is 0 Å². The van der Waals surface area contributed by atoms with E-state index in [1.54, 1.807) is 19.0 Å². The van der Waals surface area contributed by atoms with Crippen LogP contribution in [-0.2, 0) is 4.74 Å². The minimum absolute atomic E-state index is 0.287. The highest BCUT2D eigenvalue weighted by atomic mass is 16.6. The average Bonchev–Trinajstić information content (AvgIpc) is 2.36. The van der Waals surface area contributed by atoms with Crippen molar-refractivity contribution in [2.24, 2.45) is 16.8 Å². The Hall–Kier alpha value is -1.46. The fourth-order valence-electron chi connectivity index (χ4n) is 1.74. The van der Waals surface area contributed by atoms with Crippen LogP contribution in [0.1, 0.15) is 41.5 Å². The summed E-state index contributed by atoms with van der Waals surface area (Å²) >= 11 is 0. The van der Waals surface area contributed by atoms with E-state index in [1.165, 1.54) is 0 Å². The lowest BCUT2D eigenvalue weighted by atomic mass is 10.1. The SMILES string of the molecule is CN=C(NCC(C)C)NCC(C)CN(C)C(=O)OC(C)(C)C. The van der Waals surface area contributed by atoms with Gasteiger partial charge in [0.25, 0.3) is 0 Å². The Balaban J connectivity index is 4.16. The maximum absolute atomic E-state index is 11.9. The molecule has 6 nitrogen and oxygen atoms in total. The summed E-state index contributed by atoms with van der Waals surface area (Å²) in [6.45, 7) is 14.2. The van der Waals surface area contributed by atoms with E-state index in [4.69, 9.17) is 4.74 Å². The fraction of sp³-hybridized carbons (Fsp3) is 0.875. The summed E-state index contributed by atoms with van der Waals surface area (Å²) in [6, 6.07) is 0. The summed E-state index contributed by atoms with van der Waals surface area (Å²) < 4.78 is 5.34. The topological polar surface area (TPSA) is 66.0 Å². The van der Waals surface area contributed by atoms with Crippen molar-refractivity contribution in [3.63, 3.8) is 0 Å². The Morgan fingerprint density at radius 1 is 1.18 bits per heavy atom. The first-order chi connectivity index (χ1) is 10.0. The van der Waals surface area contributed by atoms with E-state index in [2.05, 4.69) is 36.4 Å². The van der Waals surface area contributed by atoms with Gasteiger partial charge in [0.15, 0.2) is 5.96 Å².